The number of nitrogens with one attached hydrogen (secondary N) is 1. The zero-order valence-electron chi connectivity index (χ0n) is 13.1. The van der Waals surface area contributed by atoms with Crippen molar-refractivity contribution in [1.82, 2.24) is 4.72 Å². The Labute approximate surface area is 136 Å². The lowest BCUT2D eigenvalue weighted by Gasteiger charge is -2.09. The highest BCUT2D eigenvalue weighted by atomic mass is 32.2. The summed E-state index contributed by atoms with van der Waals surface area (Å²) in [6, 6.07) is 13.9. The van der Waals surface area contributed by atoms with Crippen molar-refractivity contribution in [3.05, 3.63) is 70.8 Å². The van der Waals surface area contributed by atoms with E-state index in [1.165, 1.54) is 7.11 Å². The maximum atomic E-state index is 12.2. The van der Waals surface area contributed by atoms with Crippen LogP contribution < -0.4 is 4.72 Å². The monoisotopic (exact) mass is 333 g/mol. The normalized spacial score (nSPS) is 11.2. The first-order valence-electron chi connectivity index (χ1n) is 7.10. The van der Waals surface area contributed by atoms with Crippen molar-refractivity contribution in [2.24, 2.45) is 0 Å². The molecule has 0 radical (unpaired) electrons. The van der Waals surface area contributed by atoms with E-state index < -0.39 is 16.0 Å². The second-order valence-corrected chi connectivity index (χ2v) is 7.00. The molecule has 23 heavy (non-hydrogen) atoms. The number of carbonyl (C=O) groups is 1. The van der Waals surface area contributed by atoms with Gasteiger partial charge in [-0.3, -0.25) is 0 Å². The highest BCUT2D eigenvalue weighted by molar-refractivity contribution is 7.88. The number of methoxy groups -OCH3 is 1. The molecule has 2 aromatic rings. The minimum atomic E-state index is -3.45. The van der Waals surface area contributed by atoms with Gasteiger partial charge < -0.3 is 4.74 Å². The summed E-state index contributed by atoms with van der Waals surface area (Å²) in [6.45, 7) is 2.20. The van der Waals surface area contributed by atoms with E-state index in [2.05, 4.69) is 9.46 Å². The number of sulfonamides is 1. The van der Waals surface area contributed by atoms with Crippen LogP contribution in [0.4, 0.5) is 0 Å². The van der Waals surface area contributed by atoms with Crippen LogP contribution in [-0.2, 0) is 27.1 Å². The smallest absolute Gasteiger partial charge is 0.337 e. The Morgan fingerprint density at radius 3 is 2.35 bits per heavy atom. The first-order valence-corrected chi connectivity index (χ1v) is 8.75. The molecule has 0 heterocycles. The summed E-state index contributed by atoms with van der Waals surface area (Å²) >= 11 is 0. The highest BCUT2D eigenvalue weighted by Gasteiger charge is 2.13. The van der Waals surface area contributed by atoms with Crippen LogP contribution in [0.1, 0.15) is 27.0 Å². The van der Waals surface area contributed by atoms with Crippen molar-refractivity contribution in [3.63, 3.8) is 0 Å². The van der Waals surface area contributed by atoms with Crippen molar-refractivity contribution in [3.8, 4) is 0 Å². The summed E-state index contributed by atoms with van der Waals surface area (Å²) < 4.78 is 31.5. The third-order valence-corrected chi connectivity index (χ3v) is 4.77. The Kier molecular flexibility index (Phi) is 5.52. The molecule has 0 unspecified atom stereocenters. The summed E-state index contributed by atoms with van der Waals surface area (Å²) in [5, 5.41) is 0. The van der Waals surface area contributed by atoms with Gasteiger partial charge in [0.1, 0.15) is 0 Å². The molecule has 2 aromatic carbocycles. The average molecular weight is 333 g/mol. The lowest BCUT2D eigenvalue weighted by molar-refractivity contribution is 0.0600. The largest absolute Gasteiger partial charge is 0.465 e. The fourth-order valence-corrected chi connectivity index (χ4v) is 3.23. The number of esters is 1. The van der Waals surface area contributed by atoms with Crippen LogP contribution in [0.25, 0.3) is 0 Å². The molecule has 0 amide bonds. The van der Waals surface area contributed by atoms with Gasteiger partial charge in [0, 0.05) is 6.54 Å². The van der Waals surface area contributed by atoms with Crippen LogP contribution in [0, 0.1) is 6.92 Å². The van der Waals surface area contributed by atoms with Gasteiger partial charge in [0.15, 0.2) is 0 Å². The number of benzene rings is 2. The maximum Gasteiger partial charge on any atom is 0.337 e. The Morgan fingerprint density at radius 2 is 1.74 bits per heavy atom. The number of rotatable bonds is 6. The second kappa shape index (κ2) is 7.39. The van der Waals surface area contributed by atoms with E-state index in [1.807, 2.05) is 31.2 Å². The third-order valence-electron chi connectivity index (χ3n) is 3.48. The van der Waals surface area contributed by atoms with E-state index in [4.69, 9.17) is 0 Å². The predicted molar refractivity (Wildman–Crippen MR) is 88.4 cm³/mol. The summed E-state index contributed by atoms with van der Waals surface area (Å²) in [6.07, 6.45) is 0. The van der Waals surface area contributed by atoms with Crippen molar-refractivity contribution in [2.75, 3.05) is 7.11 Å². The molecular weight excluding hydrogens is 314 g/mol. The minimum Gasteiger partial charge on any atom is -0.465 e. The number of carbonyl (C=O) groups excluding carboxylic acids is 1. The molecule has 2 rings (SSSR count). The Hall–Kier alpha value is -2.18. The molecule has 0 aliphatic heterocycles. The topological polar surface area (TPSA) is 72.5 Å². The third kappa shape index (κ3) is 4.91. The standard InChI is InChI=1S/C17H19NO4S/c1-13-5-3-4-6-16(13)11-18-23(20,21)12-14-7-9-15(10-8-14)17(19)22-2/h3-10,18H,11-12H2,1-2H3. The zero-order valence-corrected chi connectivity index (χ0v) is 13.9. The van der Waals surface area contributed by atoms with Gasteiger partial charge >= 0.3 is 5.97 Å². The van der Waals surface area contributed by atoms with Gasteiger partial charge in [0.2, 0.25) is 10.0 Å². The van der Waals surface area contributed by atoms with Gasteiger partial charge in [0.25, 0.3) is 0 Å². The van der Waals surface area contributed by atoms with Crippen LogP contribution in [-0.4, -0.2) is 21.5 Å². The summed E-state index contributed by atoms with van der Waals surface area (Å²) in [4.78, 5) is 11.3. The zero-order chi connectivity index (χ0) is 16.9. The molecular formula is C17H19NO4S. The van der Waals surface area contributed by atoms with Crippen LogP contribution in [0.3, 0.4) is 0 Å². The quantitative estimate of drug-likeness (QED) is 0.824. The lowest BCUT2D eigenvalue weighted by atomic mass is 10.1. The van der Waals surface area contributed by atoms with Crippen LogP contribution >= 0.6 is 0 Å². The molecule has 0 aromatic heterocycles. The van der Waals surface area contributed by atoms with Gasteiger partial charge in [0.05, 0.1) is 18.4 Å². The molecule has 0 aliphatic carbocycles. The van der Waals surface area contributed by atoms with E-state index in [-0.39, 0.29) is 12.3 Å². The van der Waals surface area contributed by atoms with Crippen LogP contribution in [0.2, 0.25) is 0 Å². The first kappa shape index (κ1) is 17.2. The Balaban J connectivity index is 2.01. The van der Waals surface area contributed by atoms with E-state index in [0.29, 0.717) is 11.1 Å². The summed E-state index contributed by atoms with van der Waals surface area (Å²) in [7, 11) is -2.15. The van der Waals surface area contributed by atoms with Crippen molar-refractivity contribution >= 4 is 16.0 Å². The molecule has 122 valence electrons. The van der Waals surface area contributed by atoms with Crippen molar-refractivity contribution in [1.29, 1.82) is 0 Å². The fraction of sp³-hybridized carbons (Fsp3) is 0.235. The molecule has 0 fully saturated rings. The molecule has 5 nitrogen and oxygen atoms in total. The average Bonchev–Trinajstić information content (AvgIpc) is 2.54. The maximum absolute atomic E-state index is 12.2. The van der Waals surface area contributed by atoms with E-state index >= 15 is 0 Å². The van der Waals surface area contributed by atoms with E-state index in [1.54, 1.807) is 24.3 Å². The van der Waals surface area contributed by atoms with Gasteiger partial charge in [-0.1, -0.05) is 36.4 Å². The number of aryl methyl sites for hydroxylation is 1. The van der Waals surface area contributed by atoms with Gasteiger partial charge in [-0.05, 0) is 35.7 Å². The summed E-state index contributed by atoms with van der Waals surface area (Å²) in [5.41, 5.74) is 2.98. The lowest BCUT2D eigenvalue weighted by Crippen LogP contribution is -2.25. The minimum absolute atomic E-state index is 0.139. The molecule has 0 atom stereocenters. The van der Waals surface area contributed by atoms with Gasteiger partial charge in [-0.2, -0.15) is 0 Å². The van der Waals surface area contributed by atoms with Crippen LogP contribution in [0.15, 0.2) is 48.5 Å². The molecule has 0 saturated carbocycles. The Bertz CT molecular complexity index is 782. The van der Waals surface area contributed by atoms with E-state index in [9.17, 15) is 13.2 Å². The van der Waals surface area contributed by atoms with Crippen LogP contribution in [0.5, 0.6) is 0 Å². The summed E-state index contributed by atoms with van der Waals surface area (Å²) in [5.74, 6) is -0.586. The number of hydrogen-bond donors (Lipinski definition) is 1. The molecule has 1 N–H and O–H groups in total. The predicted octanol–water partition coefficient (Wildman–Crippen LogP) is 2.40. The van der Waals surface area contributed by atoms with E-state index in [0.717, 1.165) is 11.1 Å². The molecule has 0 bridgehead atoms. The number of ether oxygens (including phenoxy) is 1. The van der Waals surface area contributed by atoms with Gasteiger partial charge in [-0.15, -0.1) is 0 Å². The van der Waals surface area contributed by atoms with Crippen molar-refractivity contribution < 1.29 is 17.9 Å². The van der Waals surface area contributed by atoms with Crippen molar-refractivity contribution in [2.45, 2.75) is 19.2 Å². The molecule has 0 saturated heterocycles. The second-order valence-electron chi connectivity index (χ2n) is 5.20. The molecule has 0 spiro atoms. The number of hydrogen-bond acceptors (Lipinski definition) is 4. The fourth-order valence-electron chi connectivity index (χ4n) is 2.12. The highest BCUT2D eigenvalue weighted by Crippen LogP contribution is 2.11. The molecule has 0 aliphatic rings. The first-order chi connectivity index (χ1) is 10.9. The molecule has 6 heteroatoms. The SMILES string of the molecule is COC(=O)c1ccc(CS(=O)(=O)NCc2ccccc2C)cc1. The van der Waals surface area contributed by atoms with Gasteiger partial charge in [-0.25, -0.2) is 17.9 Å². The Morgan fingerprint density at radius 1 is 1.09 bits per heavy atom.